The first-order valence-electron chi connectivity index (χ1n) is 6.05. The zero-order valence-corrected chi connectivity index (χ0v) is 12.3. The molecule has 102 valence electrons. The minimum Gasteiger partial charge on any atom is -0.396 e. The van der Waals surface area contributed by atoms with Gasteiger partial charge in [0, 0.05) is 13.2 Å². The Morgan fingerprint density at radius 2 is 2.32 bits per heavy atom. The van der Waals surface area contributed by atoms with Crippen LogP contribution in [0.25, 0.3) is 0 Å². The van der Waals surface area contributed by atoms with Crippen LogP contribution in [0.1, 0.15) is 17.7 Å². The highest BCUT2D eigenvalue weighted by Crippen LogP contribution is 2.17. The molecule has 6 nitrogen and oxygen atoms in total. The van der Waals surface area contributed by atoms with Crippen LogP contribution in [0.5, 0.6) is 0 Å². The van der Waals surface area contributed by atoms with Crippen molar-refractivity contribution in [2.45, 2.75) is 26.4 Å². The lowest BCUT2D eigenvalue weighted by Gasteiger charge is -2.05. The number of rotatable bonds is 6. The Bertz CT molecular complexity index is 543. The number of aliphatic hydroxyl groups excluding tert-OH is 1. The van der Waals surface area contributed by atoms with Gasteiger partial charge in [0.05, 0.1) is 24.6 Å². The highest BCUT2D eigenvalue weighted by Gasteiger charge is 2.02. The number of aryl methyl sites for hydroxylation is 2. The van der Waals surface area contributed by atoms with Crippen LogP contribution in [0.15, 0.2) is 23.1 Å². The van der Waals surface area contributed by atoms with Crippen molar-refractivity contribution in [3.05, 3.63) is 34.3 Å². The first-order valence-corrected chi connectivity index (χ1v) is 6.84. The van der Waals surface area contributed by atoms with Crippen LogP contribution in [0.3, 0.4) is 0 Å². The molecule has 0 saturated heterocycles. The molecule has 0 aliphatic rings. The number of anilines is 1. The molecule has 2 N–H and O–H groups in total. The second-order valence-corrected chi connectivity index (χ2v) is 4.99. The van der Waals surface area contributed by atoms with E-state index < -0.39 is 0 Å². The molecule has 0 amide bonds. The summed E-state index contributed by atoms with van der Waals surface area (Å²) in [5, 5.41) is 20.1. The van der Waals surface area contributed by atoms with Gasteiger partial charge in [-0.3, -0.25) is 4.68 Å². The van der Waals surface area contributed by atoms with Crippen molar-refractivity contribution in [1.29, 1.82) is 0 Å². The maximum absolute atomic E-state index is 8.75. The average molecular weight is 326 g/mol. The predicted octanol–water partition coefficient (Wildman–Crippen LogP) is 1.74. The Labute approximate surface area is 120 Å². The van der Waals surface area contributed by atoms with Crippen LogP contribution in [0, 0.1) is 6.92 Å². The lowest BCUT2D eigenvalue weighted by atomic mass is 10.3. The van der Waals surface area contributed by atoms with Crippen molar-refractivity contribution in [1.82, 2.24) is 20.0 Å². The number of aromatic nitrogens is 4. The van der Waals surface area contributed by atoms with Gasteiger partial charge in [-0.05, 0) is 40.9 Å². The van der Waals surface area contributed by atoms with Crippen LogP contribution in [0.4, 0.5) is 5.69 Å². The first kappa shape index (κ1) is 14.0. The quantitative estimate of drug-likeness (QED) is 0.791. The summed E-state index contributed by atoms with van der Waals surface area (Å²) in [4.78, 5) is 4.22. The van der Waals surface area contributed by atoms with Crippen molar-refractivity contribution in [3.8, 4) is 0 Å². The Hall–Kier alpha value is -1.47. The molecule has 0 aromatic carbocycles. The molecule has 0 fully saturated rings. The van der Waals surface area contributed by atoms with Gasteiger partial charge >= 0.3 is 0 Å². The van der Waals surface area contributed by atoms with Crippen molar-refractivity contribution in [2.75, 3.05) is 11.9 Å². The highest BCUT2D eigenvalue weighted by atomic mass is 79.9. The molecule has 0 atom stereocenters. The zero-order valence-electron chi connectivity index (χ0n) is 10.7. The molecule has 19 heavy (non-hydrogen) atoms. The van der Waals surface area contributed by atoms with Gasteiger partial charge in [-0.15, -0.1) is 5.10 Å². The lowest BCUT2D eigenvalue weighted by molar-refractivity contribution is 0.276. The van der Waals surface area contributed by atoms with Gasteiger partial charge in [0.2, 0.25) is 0 Å². The molecule has 2 rings (SSSR count). The largest absolute Gasteiger partial charge is 0.396 e. The van der Waals surface area contributed by atoms with E-state index in [0.29, 0.717) is 19.5 Å². The van der Waals surface area contributed by atoms with Gasteiger partial charge in [-0.25, -0.2) is 4.98 Å². The smallest absolute Gasteiger partial charge is 0.109 e. The molecule has 0 bridgehead atoms. The molecule has 0 spiro atoms. The number of hydrogen-bond donors (Lipinski definition) is 2. The number of nitrogens with zero attached hydrogens (tertiary/aromatic N) is 4. The Morgan fingerprint density at radius 3 is 3.05 bits per heavy atom. The molecule has 2 heterocycles. The van der Waals surface area contributed by atoms with E-state index in [1.54, 1.807) is 10.9 Å². The summed E-state index contributed by atoms with van der Waals surface area (Å²) in [6.45, 7) is 3.44. The summed E-state index contributed by atoms with van der Waals surface area (Å²) in [5.41, 5.74) is 2.89. The molecule has 2 aromatic heterocycles. The molecular weight excluding hydrogens is 310 g/mol. The van der Waals surface area contributed by atoms with Gasteiger partial charge in [-0.1, -0.05) is 5.21 Å². The van der Waals surface area contributed by atoms with Crippen molar-refractivity contribution in [3.63, 3.8) is 0 Å². The summed E-state index contributed by atoms with van der Waals surface area (Å²) in [6.07, 6.45) is 4.33. The highest BCUT2D eigenvalue weighted by molar-refractivity contribution is 9.10. The lowest BCUT2D eigenvalue weighted by Crippen LogP contribution is -2.01. The maximum Gasteiger partial charge on any atom is 0.109 e. The van der Waals surface area contributed by atoms with Gasteiger partial charge in [0.1, 0.15) is 10.3 Å². The van der Waals surface area contributed by atoms with Crippen molar-refractivity contribution >= 4 is 21.6 Å². The molecule has 0 radical (unpaired) electrons. The fourth-order valence-electron chi connectivity index (χ4n) is 1.61. The van der Waals surface area contributed by atoms with E-state index in [9.17, 15) is 0 Å². The summed E-state index contributed by atoms with van der Waals surface area (Å²) in [7, 11) is 0. The second kappa shape index (κ2) is 6.63. The zero-order chi connectivity index (χ0) is 13.7. The van der Waals surface area contributed by atoms with Crippen LogP contribution < -0.4 is 5.32 Å². The molecule has 0 aliphatic heterocycles. The van der Waals surface area contributed by atoms with Crippen LogP contribution in [-0.2, 0) is 13.1 Å². The van der Waals surface area contributed by atoms with Gasteiger partial charge in [0.25, 0.3) is 0 Å². The van der Waals surface area contributed by atoms with E-state index in [1.165, 1.54) is 0 Å². The van der Waals surface area contributed by atoms with Gasteiger partial charge < -0.3 is 10.4 Å². The molecule has 0 saturated carbocycles. The van der Waals surface area contributed by atoms with Crippen molar-refractivity contribution in [2.24, 2.45) is 0 Å². The first-order chi connectivity index (χ1) is 9.19. The molecule has 0 unspecified atom stereocenters. The fourth-order valence-corrected chi connectivity index (χ4v) is 1.83. The fraction of sp³-hybridized carbons (Fsp3) is 0.417. The Kier molecular flexibility index (Phi) is 4.86. The Morgan fingerprint density at radius 1 is 1.47 bits per heavy atom. The van der Waals surface area contributed by atoms with E-state index >= 15 is 0 Å². The summed E-state index contributed by atoms with van der Waals surface area (Å²) >= 11 is 3.37. The van der Waals surface area contributed by atoms with Gasteiger partial charge in [-0.2, -0.15) is 0 Å². The molecule has 2 aromatic rings. The molecular formula is C12H16BrN5O. The number of nitrogens with one attached hydrogen (secondary N) is 1. The number of hydrogen-bond acceptors (Lipinski definition) is 5. The third kappa shape index (κ3) is 4.00. The molecule has 7 heteroatoms. The van der Waals surface area contributed by atoms with Crippen LogP contribution in [0.2, 0.25) is 0 Å². The predicted molar refractivity (Wildman–Crippen MR) is 75.7 cm³/mol. The topological polar surface area (TPSA) is 75.9 Å². The van der Waals surface area contributed by atoms with Gasteiger partial charge in [0.15, 0.2) is 0 Å². The van der Waals surface area contributed by atoms with E-state index in [0.717, 1.165) is 21.5 Å². The number of halogens is 1. The third-order valence-corrected chi connectivity index (χ3v) is 3.45. The monoisotopic (exact) mass is 325 g/mol. The number of aliphatic hydroxyl groups is 1. The maximum atomic E-state index is 8.75. The summed E-state index contributed by atoms with van der Waals surface area (Å²) in [5.74, 6) is 0. The molecule has 0 aliphatic carbocycles. The minimum absolute atomic E-state index is 0.164. The third-order valence-electron chi connectivity index (χ3n) is 2.62. The van der Waals surface area contributed by atoms with E-state index in [1.807, 2.05) is 19.2 Å². The summed E-state index contributed by atoms with van der Waals surface area (Å²) < 4.78 is 2.59. The SMILES string of the molecule is Cc1cc(NCc2cn(CCCO)nn2)cnc1Br. The van der Waals surface area contributed by atoms with Crippen LogP contribution in [-0.4, -0.2) is 31.7 Å². The van der Waals surface area contributed by atoms with Crippen molar-refractivity contribution < 1.29 is 5.11 Å². The standard InChI is InChI=1S/C12H16BrN5O/c1-9-5-10(6-15-12(9)13)14-7-11-8-18(17-16-11)3-2-4-19/h5-6,8,14,19H,2-4,7H2,1H3. The van der Waals surface area contributed by atoms with E-state index in [4.69, 9.17) is 5.11 Å². The Balaban J connectivity index is 1.91. The van der Waals surface area contributed by atoms with Crippen LogP contribution >= 0.6 is 15.9 Å². The van der Waals surface area contributed by atoms with E-state index in [2.05, 4.69) is 36.5 Å². The van der Waals surface area contributed by atoms with E-state index in [-0.39, 0.29) is 6.61 Å². The normalized spacial score (nSPS) is 10.7. The average Bonchev–Trinajstić information content (AvgIpc) is 2.86. The number of pyridine rings is 1. The second-order valence-electron chi connectivity index (χ2n) is 4.24. The summed E-state index contributed by atoms with van der Waals surface area (Å²) in [6, 6.07) is 2.02. The minimum atomic E-state index is 0.164.